The van der Waals surface area contributed by atoms with Gasteiger partial charge in [0.15, 0.2) is 0 Å². The van der Waals surface area contributed by atoms with Crippen LogP contribution in [-0.4, -0.2) is 13.1 Å². The number of ether oxygens (including phenoxy) is 3. The molecule has 0 aromatic heterocycles. The van der Waals surface area contributed by atoms with Gasteiger partial charge in [-0.2, -0.15) is 0 Å². The lowest BCUT2D eigenvalue weighted by atomic mass is 10.1. The summed E-state index contributed by atoms with van der Waals surface area (Å²) in [5, 5.41) is 0. The van der Waals surface area contributed by atoms with E-state index in [4.69, 9.17) is 14.2 Å². The summed E-state index contributed by atoms with van der Waals surface area (Å²) in [6.07, 6.45) is 0. The Morgan fingerprint density at radius 1 is 0.692 bits per heavy atom. The highest BCUT2D eigenvalue weighted by Crippen LogP contribution is 2.24. The van der Waals surface area contributed by atoms with Crippen molar-refractivity contribution in [3.63, 3.8) is 0 Å². The van der Waals surface area contributed by atoms with Gasteiger partial charge >= 0.3 is 5.97 Å². The first-order chi connectivity index (χ1) is 12.5. The zero-order valence-corrected chi connectivity index (χ0v) is 15.0. The van der Waals surface area contributed by atoms with Gasteiger partial charge in [-0.25, -0.2) is 4.79 Å². The number of benzene rings is 3. The normalized spacial score (nSPS) is 10.3. The lowest BCUT2D eigenvalue weighted by molar-refractivity contribution is 0.0734. The molecule has 0 N–H and O–H groups in total. The third kappa shape index (κ3) is 4.22. The van der Waals surface area contributed by atoms with Crippen LogP contribution in [0.3, 0.4) is 0 Å². The van der Waals surface area contributed by atoms with Gasteiger partial charge in [-0.1, -0.05) is 6.07 Å². The van der Waals surface area contributed by atoms with Crippen molar-refractivity contribution in [2.24, 2.45) is 0 Å². The average molecular weight is 348 g/mol. The molecule has 3 aromatic rings. The standard InChI is InChI=1S/C22H20O4/c1-15-4-7-21(14-16(15)2)26-22(23)17-5-8-19(9-6-17)25-20-12-10-18(24-3)11-13-20/h4-14H,1-3H3. The van der Waals surface area contributed by atoms with Gasteiger partial charge in [-0.05, 0) is 85.6 Å². The van der Waals surface area contributed by atoms with E-state index in [1.165, 1.54) is 0 Å². The molecule has 0 unspecified atom stereocenters. The van der Waals surface area contributed by atoms with Crippen LogP contribution in [0.5, 0.6) is 23.0 Å². The number of hydrogen-bond acceptors (Lipinski definition) is 4. The minimum atomic E-state index is -0.399. The van der Waals surface area contributed by atoms with Gasteiger partial charge in [0.1, 0.15) is 23.0 Å². The third-order valence-electron chi connectivity index (χ3n) is 4.07. The summed E-state index contributed by atoms with van der Waals surface area (Å²) in [4.78, 5) is 12.3. The Hall–Kier alpha value is -3.27. The third-order valence-corrected chi connectivity index (χ3v) is 4.07. The maximum absolute atomic E-state index is 12.3. The Morgan fingerprint density at radius 3 is 1.81 bits per heavy atom. The molecule has 132 valence electrons. The molecule has 4 nitrogen and oxygen atoms in total. The summed E-state index contributed by atoms with van der Waals surface area (Å²) >= 11 is 0. The van der Waals surface area contributed by atoms with E-state index in [-0.39, 0.29) is 0 Å². The zero-order chi connectivity index (χ0) is 18.5. The Morgan fingerprint density at radius 2 is 1.23 bits per heavy atom. The van der Waals surface area contributed by atoms with Crippen LogP contribution < -0.4 is 14.2 Å². The molecule has 0 aliphatic heterocycles. The van der Waals surface area contributed by atoms with Crippen LogP contribution in [0.25, 0.3) is 0 Å². The lowest BCUT2D eigenvalue weighted by Crippen LogP contribution is -2.08. The molecule has 3 rings (SSSR count). The molecule has 0 atom stereocenters. The molecule has 0 spiro atoms. The Kier molecular flexibility index (Phi) is 5.23. The van der Waals surface area contributed by atoms with Crippen molar-refractivity contribution in [2.45, 2.75) is 13.8 Å². The second kappa shape index (κ2) is 7.74. The number of carbonyl (C=O) groups is 1. The molecule has 0 heterocycles. The summed E-state index contributed by atoms with van der Waals surface area (Å²) in [7, 11) is 1.62. The first kappa shape index (κ1) is 17.5. The van der Waals surface area contributed by atoms with Crippen LogP contribution in [0, 0.1) is 13.8 Å². The maximum atomic E-state index is 12.3. The van der Waals surface area contributed by atoms with Gasteiger partial charge < -0.3 is 14.2 Å². The van der Waals surface area contributed by atoms with E-state index in [1.807, 2.05) is 50.2 Å². The van der Waals surface area contributed by atoms with Crippen molar-refractivity contribution in [3.8, 4) is 23.0 Å². The van der Waals surface area contributed by atoms with Gasteiger partial charge in [0.25, 0.3) is 0 Å². The predicted octanol–water partition coefficient (Wildman–Crippen LogP) is 5.32. The first-order valence-electron chi connectivity index (χ1n) is 8.26. The van der Waals surface area contributed by atoms with Crippen molar-refractivity contribution in [2.75, 3.05) is 7.11 Å². The molecule has 0 saturated carbocycles. The molecule has 0 saturated heterocycles. The Labute approximate surface area is 153 Å². The molecule has 0 aliphatic rings. The Balaban J connectivity index is 1.66. The van der Waals surface area contributed by atoms with Crippen molar-refractivity contribution < 1.29 is 19.0 Å². The molecule has 0 radical (unpaired) electrons. The number of esters is 1. The van der Waals surface area contributed by atoms with E-state index in [9.17, 15) is 4.79 Å². The van der Waals surface area contributed by atoms with Gasteiger partial charge in [0, 0.05) is 0 Å². The fourth-order valence-corrected chi connectivity index (χ4v) is 2.38. The predicted molar refractivity (Wildman–Crippen MR) is 100 cm³/mol. The number of carbonyl (C=O) groups excluding carboxylic acids is 1. The minimum Gasteiger partial charge on any atom is -0.497 e. The molecule has 3 aromatic carbocycles. The second-order valence-electron chi connectivity index (χ2n) is 5.94. The van der Waals surface area contributed by atoms with Gasteiger partial charge in [0.05, 0.1) is 12.7 Å². The molecular formula is C22H20O4. The maximum Gasteiger partial charge on any atom is 0.343 e. The van der Waals surface area contributed by atoms with Crippen LogP contribution in [0.2, 0.25) is 0 Å². The van der Waals surface area contributed by atoms with Crippen molar-refractivity contribution >= 4 is 5.97 Å². The number of rotatable bonds is 5. The Bertz CT molecular complexity index is 896. The first-order valence-corrected chi connectivity index (χ1v) is 8.26. The van der Waals surface area contributed by atoms with E-state index < -0.39 is 5.97 Å². The lowest BCUT2D eigenvalue weighted by Gasteiger charge is -2.09. The smallest absolute Gasteiger partial charge is 0.343 e. The molecule has 0 amide bonds. The highest BCUT2D eigenvalue weighted by Gasteiger charge is 2.09. The fraction of sp³-hybridized carbons (Fsp3) is 0.136. The van der Waals surface area contributed by atoms with Crippen molar-refractivity contribution in [1.29, 1.82) is 0 Å². The van der Waals surface area contributed by atoms with E-state index >= 15 is 0 Å². The largest absolute Gasteiger partial charge is 0.497 e. The number of aryl methyl sites for hydroxylation is 2. The van der Waals surface area contributed by atoms with Crippen molar-refractivity contribution in [1.82, 2.24) is 0 Å². The van der Waals surface area contributed by atoms with E-state index in [2.05, 4.69) is 0 Å². The number of hydrogen-bond donors (Lipinski definition) is 0. The van der Waals surface area contributed by atoms with Crippen LogP contribution in [0.4, 0.5) is 0 Å². The van der Waals surface area contributed by atoms with Gasteiger partial charge in [-0.15, -0.1) is 0 Å². The summed E-state index contributed by atoms with van der Waals surface area (Å²) in [6, 6.07) is 19.7. The highest BCUT2D eigenvalue weighted by atomic mass is 16.5. The van der Waals surface area contributed by atoms with E-state index in [0.29, 0.717) is 22.8 Å². The minimum absolute atomic E-state index is 0.399. The molecule has 26 heavy (non-hydrogen) atoms. The van der Waals surface area contributed by atoms with Crippen LogP contribution in [0.1, 0.15) is 21.5 Å². The summed E-state index contributed by atoms with van der Waals surface area (Å²) in [5.74, 6) is 2.23. The average Bonchev–Trinajstić information content (AvgIpc) is 2.66. The summed E-state index contributed by atoms with van der Waals surface area (Å²) < 4.78 is 16.3. The van der Waals surface area contributed by atoms with Gasteiger partial charge in [-0.3, -0.25) is 0 Å². The van der Waals surface area contributed by atoms with Crippen LogP contribution >= 0.6 is 0 Å². The monoisotopic (exact) mass is 348 g/mol. The van der Waals surface area contributed by atoms with Crippen LogP contribution in [0.15, 0.2) is 66.7 Å². The number of methoxy groups -OCH3 is 1. The van der Waals surface area contributed by atoms with Crippen molar-refractivity contribution in [3.05, 3.63) is 83.4 Å². The van der Waals surface area contributed by atoms with E-state index in [1.54, 1.807) is 37.4 Å². The molecule has 4 heteroatoms. The second-order valence-corrected chi connectivity index (χ2v) is 5.94. The highest BCUT2D eigenvalue weighted by molar-refractivity contribution is 5.91. The summed E-state index contributed by atoms with van der Waals surface area (Å²) in [6.45, 7) is 4.00. The molecule has 0 fully saturated rings. The van der Waals surface area contributed by atoms with E-state index in [0.717, 1.165) is 16.9 Å². The fourth-order valence-electron chi connectivity index (χ4n) is 2.38. The quantitative estimate of drug-likeness (QED) is 0.462. The molecule has 0 aliphatic carbocycles. The zero-order valence-electron chi connectivity index (χ0n) is 15.0. The SMILES string of the molecule is COc1ccc(Oc2ccc(C(=O)Oc3ccc(C)c(C)c3)cc2)cc1. The molecule has 0 bridgehead atoms. The van der Waals surface area contributed by atoms with Gasteiger partial charge in [0.2, 0.25) is 0 Å². The topological polar surface area (TPSA) is 44.8 Å². The summed E-state index contributed by atoms with van der Waals surface area (Å²) in [5.41, 5.74) is 2.70. The molecular weight excluding hydrogens is 328 g/mol. The van der Waals surface area contributed by atoms with Crippen LogP contribution in [-0.2, 0) is 0 Å².